The first kappa shape index (κ1) is 16.8. The topological polar surface area (TPSA) is 127 Å². The van der Waals surface area contributed by atoms with Crippen LogP contribution in [0.3, 0.4) is 0 Å². The predicted octanol–water partition coefficient (Wildman–Crippen LogP) is 0.904. The molecule has 0 bridgehead atoms. The van der Waals surface area contributed by atoms with E-state index in [0.717, 1.165) is 5.56 Å². The summed E-state index contributed by atoms with van der Waals surface area (Å²) in [7, 11) is 0. The van der Waals surface area contributed by atoms with E-state index in [2.05, 4.69) is 15.0 Å². The standard InChI is InChI=1S/C17H19N5O3/c1-17(2,9-23)8-22-15-14(21-16(22)25)19-7-12(20-15)10-3-5-11(6-4-10)13(18)24/h3-7,23H,8-9H2,1-2H3,(H2,18,24)(H,19,21,25). The van der Waals surface area contributed by atoms with Crippen LogP contribution >= 0.6 is 0 Å². The Morgan fingerprint density at radius 2 is 2.00 bits per heavy atom. The molecule has 0 spiro atoms. The minimum Gasteiger partial charge on any atom is -0.396 e. The van der Waals surface area contributed by atoms with Crippen molar-refractivity contribution < 1.29 is 9.90 Å². The number of nitrogens with two attached hydrogens (primary N) is 1. The fourth-order valence-electron chi connectivity index (χ4n) is 2.49. The second-order valence-corrected chi connectivity index (χ2v) is 6.71. The van der Waals surface area contributed by atoms with E-state index in [1.165, 1.54) is 4.57 Å². The molecule has 0 atom stereocenters. The van der Waals surface area contributed by atoms with Crippen molar-refractivity contribution in [3.8, 4) is 11.3 Å². The van der Waals surface area contributed by atoms with Gasteiger partial charge in [0.05, 0.1) is 11.9 Å². The van der Waals surface area contributed by atoms with Gasteiger partial charge in [-0.1, -0.05) is 26.0 Å². The Bertz CT molecular complexity index is 986. The molecule has 2 heterocycles. The highest BCUT2D eigenvalue weighted by Gasteiger charge is 2.21. The first-order valence-corrected chi connectivity index (χ1v) is 7.77. The number of rotatable bonds is 5. The predicted molar refractivity (Wildman–Crippen MR) is 93.0 cm³/mol. The number of benzene rings is 1. The molecule has 0 saturated carbocycles. The van der Waals surface area contributed by atoms with Gasteiger partial charge in [-0.25, -0.2) is 14.8 Å². The average Bonchev–Trinajstić information content (AvgIpc) is 2.89. The molecular formula is C17H19N5O3. The van der Waals surface area contributed by atoms with Gasteiger partial charge in [-0.15, -0.1) is 0 Å². The van der Waals surface area contributed by atoms with E-state index in [9.17, 15) is 14.7 Å². The number of carbonyl (C=O) groups excluding carboxylic acids is 1. The number of imidazole rings is 1. The Labute approximate surface area is 143 Å². The minimum absolute atomic E-state index is 0.0617. The first-order valence-electron chi connectivity index (χ1n) is 7.77. The number of H-pyrrole nitrogens is 1. The molecule has 0 aliphatic rings. The molecule has 25 heavy (non-hydrogen) atoms. The smallest absolute Gasteiger partial charge is 0.328 e. The number of hydrogen-bond acceptors (Lipinski definition) is 5. The highest BCUT2D eigenvalue weighted by Crippen LogP contribution is 2.21. The van der Waals surface area contributed by atoms with Crippen LogP contribution in [0.5, 0.6) is 0 Å². The second-order valence-electron chi connectivity index (χ2n) is 6.71. The highest BCUT2D eigenvalue weighted by molar-refractivity contribution is 5.93. The number of primary amides is 1. The Kier molecular flexibility index (Phi) is 4.13. The number of aliphatic hydroxyl groups is 1. The molecule has 0 saturated heterocycles. The maximum Gasteiger partial charge on any atom is 0.328 e. The van der Waals surface area contributed by atoms with Crippen molar-refractivity contribution >= 4 is 17.2 Å². The number of fused-ring (bicyclic) bond motifs is 1. The van der Waals surface area contributed by atoms with Gasteiger partial charge in [0.15, 0.2) is 11.3 Å². The minimum atomic E-state index is -0.501. The monoisotopic (exact) mass is 341 g/mol. The number of carbonyl (C=O) groups is 1. The zero-order valence-electron chi connectivity index (χ0n) is 14.0. The Morgan fingerprint density at radius 3 is 2.60 bits per heavy atom. The van der Waals surface area contributed by atoms with Crippen molar-refractivity contribution in [2.75, 3.05) is 6.61 Å². The number of aromatic amines is 1. The van der Waals surface area contributed by atoms with Crippen LogP contribution in [-0.2, 0) is 6.54 Å². The van der Waals surface area contributed by atoms with Gasteiger partial charge in [-0.05, 0) is 12.1 Å². The van der Waals surface area contributed by atoms with Crippen LogP contribution in [0, 0.1) is 5.41 Å². The van der Waals surface area contributed by atoms with E-state index in [-0.39, 0.29) is 12.3 Å². The Morgan fingerprint density at radius 1 is 1.32 bits per heavy atom. The van der Waals surface area contributed by atoms with E-state index in [4.69, 9.17) is 5.73 Å². The van der Waals surface area contributed by atoms with Crippen LogP contribution in [0.25, 0.3) is 22.6 Å². The molecular weight excluding hydrogens is 322 g/mol. The van der Waals surface area contributed by atoms with Crippen LogP contribution in [0.4, 0.5) is 0 Å². The van der Waals surface area contributed by atoms with Crippen LogP contribution in [0.2, 0.25) is 0 Å². The second kappa shape index (κ2) is 6.14. The van der Waals surface area contributed by atoms with Crippen LogP contribution in [-0.4, -0.2) is 37.1 Å². The fraction of sp³-hybridized carbons (Fsp3) is 0.294. The van der Waals surface area contributed by atoms with E-state index >= 15 is 0 Å². The van der Waals surface area contributed by atoms with Gasteiger partial charge in [-0.2, -0.15) is 0 Å². The number of nitrogens with zero attached hydrogens (tertiary/aromatic N) is 3. The molecule has 3 rings (SSSR count). The third-order valence-electron chi connectivity index (χ3n) is 3.96. The van der Waals surface area contributed by atoms with E-state index < -0.39 is 11.3 Å². The molecule has 0 unspecified atom stereocenters. The van der Waals surface area contributed by atoms with Gasteiger partial charge in [-0.3, -0.25) is 14.3 Å². The average molecular weight is 341 g/mol. The summed E-state index contributed by atoms with van der Waals surface area (Å²) in [4.78, 5) is 34.8. The number of nitrogens with one attached hydrogen (secondary N) is 1. The van der Waals surface area contributed by atoms with E-state index in [0.29, 0.717) is 29.1 Å². The molecule has 4 N–H and O–H groups in total. The Hall–Kier alpha value is -3.00. The van der Waals surface area contributed by atoms with Gasteiger partial charge in [0.25, 0.3) is 0 Å². The number of aliphatic hydroxyl groups excluding tert-OH is 1. The summed E-state index contributed by atoms with van der Waals surface area (Å²) in [6.45, 7) is 3.96. The molecule has 8 heteroatoms. The maximum atomic E-state index is 12.2. The molecule has 1 amide bonds. The molecule has 2 aromatic heterocycles. The van der Waals surface area contributed by atoms with Crippen molar-refractivity contribution in [1.29, 1.82) is 0 Å². The molecule has 0 aliphatic carbocycles. The molecule has 0 aliphatic heterocycles. The quantitative estimate of drug-likeness (QED) is 0.635. The zero-order chi connectivity index (χ0) is 18.2. The molecule has 1 aromatic carbocycles. The highest BCUT2D eigenvalue weighted by atomic mass is 16.3. The molecule has 0 radical (unpaired) electrons. The van der Waals surface area contributed by atoms with Crippen LogP contribution < -0.4 is 11.4 Å². The Balaban J connectivity index is 2.07. The summed E-state index contributed by atoms with van der Waals surface area (Å²) < 4.78 is 1.47. The van der Waals surface area contributed by atoms with E-state index in [1.807, 2.05) is 13.8 Å². The summed E-state index contributed by atoms with van der Waals surface area (Å²) in [5.41, 5.74) is 6.98. The molecule has 0 fully saturated rings. The lowest BCUT2D eigenvalue weighted by Gasteiger charge is -2.21. The van der Waals surface area contributed by atoms with Gasteiger partial charge in [0.1, 0.15) is 0 Å². The summed E-state index contributed by atoms with van der Waals surface area (Å²) >= 11 is 0. The molecule has 130 valence electrons. The van der Waals surface area contributed by atoms with Crippen molar-refractivity contribution in [3.63, 3.8) is 0 Å². The summed E-state index contributed by atoms with van der Waals surface area (Å²) in [5.74, 6) is -0.501. The van der Waals surface area contributed by atoms with Crippen molar-refractivity contribution in [3.05, 3.63) is 46.5 Å². The first-order chi connectivity index (χ1) is 11.8. The van der Waals surface area contributed by atoms with Gasteiger partial charge in [0.2, 0.25) is 5.91 Å². The lowest BCUT2D eigenvalue weighted by atomic mass is 9.95. The fourth-order valence-corrected chi connectivity index (χ4v) is 2.49. The van der Waals surface area contributed by atoms with Crippen molar-refractivity contribution in [2.24, 2.45) is 11.1 Å². The number of hydrogen-bond donors (Lipinski definition) is 3. The number of aromatic nitrogens is 4. The summed E-state index contributed by atoms with van der Waals surface area (Å²) in [6, 6.07) is 6.68. The molecule has 8 nitrogen and oxygen atoms in total. The van der Waals surface area contributed by atoms with Crippen LogP contribution in [0.15, 0.2) is 35.3 Å². The lowest BCUT2D eigenvalue weighted by molar-refractivity contribution is 0.100. The normalized spacial score (nSPS) is 11.8. The van der Waals surface area contributed by atoms with Gasteiger partial charge < -0.3 is 10.8 Å². The summed E-state index contributed by atoms with van der Waals surface area (Å²) in [6.07, 6.45) is 1.55. The van der Waals surface area contributed by atoms with E-state index in [1.54, 1.807) is 30.5 Å². The maximum absolute atomic E-state index is 12.2. The third-order valence-corrected chi connectivity index (χ3v) is 3.96. The van der Waals surface area contributed by atoms with Crippen molar-refractivity contribution in [2.45, 2.75) is 20.4 Å². The zero-order valence-corrected chi connectivity index (χ0v) is 14.0. The third kappa shape index (κ3) is 3.29. The van der Waals surface area contributed by atoms with Gasteiger partial charge in [0, 0.05) is 29.7 Å². The van der Waals surface area contributed by atoms with Crippen molar-refractivity contribution in [1.82, 2.24) is 19.5 Å². The van der Waals surface area contributed by atoms with Crippen LogP contribution in [0.1, 0.15) is 24.2 Å². The molecule has 3 aromatic rings. The lowest BCUT2D eigenvalue weighted by Crippen LogP contribution is -2.29. The summed E-state index contributed by atoms with van der Waals surface area (Å²) in [5, 5.41) is 9.46. The SMILES string of the molecule is CC(C)(CO)Cn1c(=O)[nH]c2ncc(-c3ccc(C(N)=O)cc3)nc21. The largest absolute Gasteiger partial charge is 0.396 e. The number of amides is 1. The van der Waals surface area contributed by atoms with Gasteiger partial charge >= 0.3 is 5.69 Å².